The van der Waals surface area contributed by atoms with Crippen molar-refractivity contribution in [3.63, 3.8) is 0 Å². The highest BCUT2D eigenvalue weighted by atomic mass is 32.2. The first-order chi connectivity index (χ1) is 14.0. The molecule has 0 bridgehead atoms. The molecular weight excluding hydrogens is 386 g/mol. The number of anilines is 1. The van der Waals surface area contributed by atoms with E-state index in [1.165, 1.54) is 6.42 Å². The molecule has 2 aromatic carbocycles. The largest absolute Gasteiger partial charge is 0.462 e. The molecule has 2 aromatic rings. The van der Waals surface area contributed by atoms with Crippen molar-refractivity contribution in [3.05, 3.63) is 59.7 Å². The Kier molecular flexibility index (Phi) is 7.17. The van der Waals surface area contributed by atoms with Crippen LogP contribution in [-0.2, 0) is 9.53 Å². The Morgan fingerprint density at radius 2 is 1.83 bits per heavy atom. The van der Waals surface area contributed by atoms with Crippen LogP contribution >= 0.6 is 11.8 Å². The number of esters is 1. The Bertz CT molecular complexity index is 854. The molecule has 29 heavy (non-hydrogen) atoms. The molecular formula is C22H27N3O3S. The van der Waals surface area contributed by atoms with Crippen molar-refractivity contribution in [1.82, 2.24) is 10.9 Å². The lowest BCUT2D eigenvalue weighted by Crippen LogP contribution is -2.44. The third-order valence-corrected chi connectivity index (χ3v) is 5.50. The minimum atomic E-state index is -0.807. The average Bonchev–Trinajstić information content (AvgIpc) is 2.67. The topological polar surface area (TPSA) is 70.7 Å². The number of carbonyl (C=O) groups is 2. The lowest BCUT2D eigenvalue weighted by molar-refractivity contribution is -0.150. The van der Waals surface area contributed by atoms with Crippen molar-refractivity contribution in [2.45, 2.75) is 37.3 Å². The number of ether oxygens (including phenoxy) is 1. The minimum Gasteiger partial charge on any atom is -0.462 e. The smallest absolute Gasteiger partial charge is 0.329 e. The summed E-state index contributed by atoms with van der Waals surface area (Å²) in [5.41, 5.74) is 7.98. The zero-order chi connectivity index (χ0) is 20.8. The Labute approximate surface area is 176 Å². The molecule has 1 fully saturated rings. The van der Waals surface area contributed by atoms with Gasteiger partial charge in [0.05, 0.1) is 6.10 Å². The quantitative estimate of drug-likeness (QED) is 0.392. The first kappa shape index (κ1) is 21.2. The number of amides is 1. The summed E-state index contributed by atoms with van der Waals surface area (Å²) in [6.07, 6.45) is 2.92. The van der Waals surface area contributed by atoms with E-state index in [0.717, 1.165) is 29.2 Å². The summed E-state index contributed by atoms with van der Waals surface area (Å²) in [6, 6.07) is 14.1. The maximum atomic E-state index is 12.8. The van der Waals surface area contributed by atoms with Gasteiger partial charge in [0, 0.05) is 29.2 Å². The maximum Gasteiger partial charge on any atom is 0.329 e. The number of nitrogens with zero attached hydrogens (tertiary/aromatic N) is 1. The molecule has 3 rings (SSSR count). The summed E-state index contributed by atoms with van der Waals surface area (Å²) < 4.78 is 5.44. The number of hydrogen-bond donors (Lipinski definition) is 2. The molecule has 2 N–H and O–H groups in total. The normalized spacial score (nSPS) is 14.3. The Morgan fingerprint density at radius 3 is 2.41 bits per heavy atom. The van der Waals surface area contributed by atoms with Gasteiger partial charge in [0.1, 0.15) is 6.04 Å². The molecule has 1 atom stereocenters. The van der Waals surface area contributed by atoms with Crippen molar-refractivity contribution in [1.29, 1.82) is 0 Å². The summed E-state index contributed by atoms with van der Waals surface area (Å²) in [5.74, 6) is -0.740. The van der Waals surface area contributed by atoms with Gasteiger partial charge in [-0.15, -0.1) is 11.8 Å². The molecule has 1 heterocycles. The van der Waals surface area contributed by atoms with Crippen LogP contribution in [0.3, 0.4) is 0 Å². The van der Waals surface area contributed by atoms with Gasteiger partial charge in [-0.25, -0.2) is 10.2 Å². The molecule has 1 aliphatic heterocycles. The van der Waals surface area contributed by atoms with Gasteiger partial charge in [-0.3, -0.25) is 10.2 Å². The number of rotatable bonds is 8. The number of hydrazine groups is 1. The van der Waals surface area contributed by atoms with Gasteiger partial charge in [-0.05, 0) is 56.4 Å². The molecule has 0 aliphatic carbocycles. The maximum absolute atomic E-state index is 12.8. The van der Waals surface area contributed by atoms with Crippen LogP contribution in [-0.4, -0.2) is 37.3 Å². The molecule has 1 aliphatic rings. The van der Waals surface area contributed by atoms with Crippen LogP contribution in [0.25, 0.3) is 0 Å². The monoisotopic (exact) mass is 413 g/mol. The van der Waals surface area contributed by atoms with Crippen LogP contribution in [0.15, 0.2) is 53.4 Å². The first-order valence-electron chi connectivity index (χ1n) is 9.74. The lowest BCUT2D eigenvalue weighted by Gasteiger charge is -2.34. The average molecular weight is 414 g/mol. The molecule has 0 aromatic heterocycles. The Hall–Kier alpha value is -2.51. The molecule has 0 radical (unpaired) electrons. The first-order valence-corrected chi connectivity index (χ1v) is 11.0. The molecule has 0 spiro atoms. The summed E-state index contributed by atoms with van der Waals surface area (Å²) in [7, 11) is 0. The number of hydrogen-bond acceptors (Lipinski definition) is 6. The van der Waals surface area contributed by atoms with E-state index in [-0.39, 0.29) is 12.0 Å². The van der Waals surface area contributed by atoms with Crippen molar-refractivity contribution in [2.75, 3.05) is 24.2 Å². The highest BCUT2D eigenvalue weighted by Gasteiger charge is 2.27. The summed E-state index contributed by atoms with van der Waals surface area (Å²) in [5, 5.41) is 0. The van der Waals surface area contributed by atoms with E-state index in [2.05, 4.69) is 21.8 Å². The fourth-order valence-corrected chi connectivity index (χ4v) is 3.73. The van der Waals surface area contributed by atoms with Gasteiger partial charge in [-0.2, -0.15) is 0 Å². The summed E-state index contributed by atoms with van der Waals surface area (Å²) in [6.45, 7) is 5.72. The van der Waals surface area contributed by atoms with E-state index in [9.17, 15) is 9.59 Å². The van der Waals surface area contributed by atoms with Crippen LogP contribution < -0.4 is 15.8 Å². The highest BCUT2D eigenvalue weighted by molar-refractivity contribution is 7.98. The van der Waals surface area contributed by atoms with E-state index in [1.807, 2.05) is 24.5 Å². The predicted octanol–water partition coefficient (Wildman–Crippen LogP) is 3.55. The number of carbonyl (C=O) groups excluding carboxylic acids is 2. The molecule has 0 saturated carbocycles. The van der Waals surface area contributed by atoms with E-state index in [1.54, 1.807) is 49.9 Å². The van der Waals surface area contributed by atoms with Crippen molar-refractivity contribution in [3.8, 4) is 0 Å². The second-order valence-electron chi connectivity index (χ2n) is 7.15. The van der Waals surface area contributed by atoms with E-state index in [0.29, 0.717) is 5.56 Å². The predicted molar refractivity (Wildman–Crippen MR) is 116 cm³/mol. The van der Waals surface area contributed by atoms with Crippen LogP contribution in [0, 0.1) is 0 Å². The molecule has 154 valence electrons. The summed E-state index contributed by atoms with van der Waals surface area (Å²) >= 11 is 1.57. The second kappa shape index (κ2) is 9.80. The Morgan fingerprint density at radius 1 is 1.10 bits per heavy atom. The van der Waals surface area contributed by atoms with Crippen molar-refractivity contribution >= 4 is 29.3 Å². The van der Waals surface area contributed by atoms with Crippen LogP contribution in [0.4, 0.5) is 5.69 Å². The van der Waals surface area contributed by atoms with Crippen LogP contribution in [0.2, 0.25) is 0 Å². The zero-order valence-electron chi connectivity index (χ0n) is 17.0. The lowest BCUT2D eigenvalue weighted by atomic mass is 10.1. The van der Waals surface area contributed by atoms with Gasteiger partial charge < -0.3 is 9.64 Å². The number of nitrogens with one attached hydrogen (secondary N) is 2. The fraction of sp³-hybridized carbons (Fsp3) is 0.364. The highest BCUT2D eigenvalue weighted by Crippen LogP contribution is 2.32. The van der Waals surface area contributed by atoms with E-state index >= 15 is 0 Å². The molecule has 7 heteroatoms. The Balaban J connectivity index is 1.83. The van der Waals surface area contributed by atoms with Crippen LogP contribution in [0.1, 0.15) is 42.2 Å². The van der Waals surface area contributed by atoms with E-state index in [4.69, 9.17) is 4.74 Å². The number of benzene rings is 2. The van der Waals surface area contributed by atoms with Crippen molar-refractivity contribution < 1.29 is 14.3 Å². The molecule has 6 nitrogen and oxygen atoms in total. The number of thioether (sulfide) groups is 1. The molecule has 0 unspecified atom stereocenters. The molecule has 1 amide bonds. The van der Waals surface area contributed by atoms with Gasteiger partial charge >= 0.3 is 5.97 Å². The van der Waals surface area contributed by atoms with Gasteiger partial charge in [0.15, 0.2) is 0 Å². The van der Waals surface area contributed by atoms with Gasteiger partial charge in [-0.1, -0.05) is 24.3 Å². The standard InChI is InChI=1S/C22H27N3O3S/c1-15(2)28-22(27)20(23-24-21(26)16-8-5-4-6-9-16)18-11-10-17(14-19(18)29-3)25-12-7-13-25/h4-6,8-11,14-15,20,23H,7,12-13H2,1-3H3,(H,24,26)/t20-/m0/s1. The van der Waals surface area contributed by atoms with Gasteiger partial charge in [0.25, 0.3) is 5.91 Å². The van der Waals surface area contributed by atoms with E-state index < -0.39 is 12.0 Å². The SMILES string of the molecule is CSc1cc(N2CCC2)ccc1[C@H](NNC(=O)c1ccccc1)C(=O)OC(C)C. The van der Waals surface area contributed by atoms with Crippen molar-refractivity contribution in [2.24, 2.45) is 0 Å². The second-order valence-corrected chi connectivity index (χ2v) is 8.00. The van der Waals surface area contributed by atoms with Gasteiger partial charge in [0.2, 0.25) is 0 Å². The zero-order valence-corrected chi connectivity index (χ0v) is 17.8. The third kappa shape index (κ3) is 5.31. The minimum absolute atomic E-state index is 0.255. The van der Waals surface area contributed by atoms with Crippen LogP contribution in [0.5, 0.6) is 0 Å². The fourth-order valence-electron chi connectivity index (χ4n) is 3.07. The summed E-state index contributed by atoms with van der Waals surface area (Å²) in [4.78, 5) is 28.5. The third-order valence-electron chi connectivity index (χ3n) is 4.70. The molecule has 1 saturated heterocycles.